The van der Waals surface area contributed by atoms with Crippen LogP contribution in [0.4, 0.5) is 0 Å². The van der Waals surface area contributed by atoms with E-state index in [4.69, 9.17) is 4.52 Å². The zero-order valence-electron chi connectivity index (χ0n) is 12.2. The van der Waals surface area contributed by atoms with Gasteiger partial charge in [-0.3, -0.25) is 4.98 Å². The molecule has 0 bridgehead atoms. The molecule has 3 heterocycles. The lowest BCUT2D eigenvalue weighted by Gasteiger charge is -2.02. The molecule has 3 aromatic heterocycles. The Morgan fingerprint density at radius 2 is 1.95 bits per heavy atom. The number of nitrogens with zero attached hydrogens (tertiary/aromatic N) is 2. The van der Waals surface area contributed by atoms with E-state index in [0.717, 1.165) is 45.6 Å². The first kappa shape index (κ1) is 12.8. The summed E-state index contributed by atoms with van der Waals surface area (Å²) in [5.74, 6) is 0.838. The zero-order chi connectivity index (χ0) is 14.9. The number of fused-ring (bicyclic) bond motifs is 1. The lowest BCUT2D eigenvalue weighted by atomic mass is 10.0. The summed E-state index contributed by atoms with van der Waals surface area (Å²) in [6.07, 6.45) is 4.59. The van der Waals surface area contributed by atoms with E-state index in [-0.39, 0.29) is 0 Å². The molecule has 4 rings (SSSR count). The van der Waals surface area contributed by atoms with Crippen molar-refractivity contribution in [2.75, 3.05) is 0 Å². The van der Waals surface area contributed by atoms with Crippen LogP contribution in [0.25, 0.3) is 33.6 Å². The molecule has 0 aliphatic carbocycles. The van der Waals surface area contributed by atoms with Crippen molar-refractivity contribution in [1.82, 2.24) is 15.1 Å². The van der Waals surface area contributed by atoms with E-state index in [9.17, 15) is 0 Å². The topological polar surface area (TPSA) is 54.7 Å². The van der Waals surface area contributed by atoms with Crippen molar-refractivity contribution in [3.05, 3.63) is 60.4 Å². The van der Waals surface area contributed by atoms with E-state index in [1.165, 1.54) is 0 Å². The minimum atomic E-state index is 0.838. The molecule has 0 saturated heterocycles. The fourth-order valence-electron chi connectivity index (χ4n) is 2.74. The van der Waals surface area contributed by atoms with Crippen molar-refractivity contribution >= 4 is 11.0 Å². The second-order valence-corrected chi connectivity index (χ2v) is 5.19. The number of rotatable bonds is 3. The van der Waals surface area contributed by atoms with E-state index in [0.29, 0.717) is 0 Å². The molecule has 0 amide bonds. The Balaban J connectivity index is 1.87. The molecule has 4 heteroatoms. The summed E-state index contributed by atoms with van der Waals surface area (Å²) in [6.45, 7) is 2.11. The molecule has 0 saturated carbocycles. The van der Waals surface area contributed by atoms with E-state index < -0.39 is 0 Å². The van der Waals surface area contributed by atoms with Gasteiger partial charge in [0.25, 0.3) is 0 Å². The molecule has 108 valence electrons. The van der Waals surface area contributed by atoms with Crippen LogP contribution < -0.4 is 0 Å². The first-order valence-corrected chi connectivity index (χ1v) is 7.34. The number of nitrogens with one attached hydrogen (secondary N) is 1. The summed E-state index contributed by atoms with van der Waals surface area (Å²) in [7, 11) is 0. The van der Waals surface area contributed by atoms with Gasteiger partial charge < -0.3 is 9.51 Å². The van der Waals surface area contributed by atoms with E-state index >= 15 is 0 Å². The molecule has 0 fully saturated rings. The van der Waals surface area contributed by atoms with Crippen LogP contribution in [0.1, 0.15) is 12.5 Å². The first-order chi connectivity index (χ1) is 10.9. The van der Waals surface area contributed by atoms with Crippen LogP contribution in [0.5, 0.6) is 0 Å². The molecule has 0 aliphatic heterocycles. The summed E-state index contributed by atoms with van der Waals surface area (Å²) in [5, 5.41) is 4.30. The third-order valence-corrected chi connectivity index (χ3v) is 3.85. The van der Waals surface area contributed by atoms with Crippen LogP contribution >= 0.6 is 0 Å². The molecule has 22 heavy (non-hydrogen) atoms. The summed E-state index contributed by atoms with van der Waals surface area (Å²) in [5.41, 5.74) is 5.95. The van der Waals surface area contributed by atoms with Crippen molar-refractivity contribution in [1.29, 1.82) is 0 Å². The molecule has 0 aliphatic rings. The van der Waals surface area contributed by atoms with E-state index in [2.05, 4.69) is 28.1 Å². The zero-order valence-corrected chi connectivity index (χ0v) is 12.2. The Morgan fingerprint density at radius 3 is 2.77 bits per heavy atom. The number of hydrogen-bond donors (Lipinski definition) is 1. The lowest BCUT2D eigenvalue weighted by Crippen LogP contribution is -1.88. The van der Waals surface area contributed by atoms with Gasteiger partial charge in [0.1, 0.15) is 5.69 Å². The van der Waals surface area contributed by atoms with Gasteiger partial charge >= 0.3 is 0 Å². The van der Waals surface area contributed by atoms with Gasteiger partial charge in [0.15, 0.2) is 5.76 Å². The normalized spacial score (nSPS) is 11.1. The van der Waals surface area contributed by atoms with Crippen molar-refractivity contribution in [2.45, 2.75) is 13.3 Å². The number of pyridine rings is 1. The fraction of sp³-hybridized carbons (Fsp3) is 0.111. The molecular formula is C18H15N3O. The Bertz CT molecular complexity index is 922. The fourth-order valence-corrected chi connectivity index (χ4v) is 2.74. The highest BCUT2D eigenvalue weighted by Crippen LogP contribution is 2.33. The van der Waals surface area contributed by atoms with Gasteiger partial charge in [-0.15, -0.1) is 0 Å². The molecule has 0 atom stereocenters. The third-order valence-electron chi connectivity index (χ3n) is 3.85. The summed E-state index contributed by atoms with van der Waals surface area (Å²) in [4.78, 5) is 7.65. The number of H-pyrrole nitrogens is 1. The predicted octanol–water partition coefficient (Wildman–Crippen LogP) is 4.45. The van der Waals surface area contributed by atoms with Crippen molar-refractivity contribution in [3.8, 4) is 22.6 Å². The molecule has 4 aromatic rings. The minimum Gasteiger partial charge on any atom is -0.360 e. The molecule has 0 unspecified atom stereocenters. The van der Waals surface area contributed by atoms with Crippen LogP contribution in [0.2, 0.25) is 0 Å². The smallest absolute Gasteiger partial charge is 0.170 e. The van der Waals surface area contributed by atoms with Crippen molar-refractivity contribution < 1.29 is 4.52 Å². The van der Waals surface area contributed by atoms with Gasteiger partial charge in [0, 0.05) is 29.1 Å². The highest BCUT2D eigenvalue weighted by Gasteiger charge is 2.18. The Kier molecular flexibility index (Phi) is 3.00. The largest absolute Gasteiger partial charge is 0.360 e. The number of hydrogen-bond acceptors (Lipinski definition) is 3. The number of aromatic amines is 1. The maximum absolute atomic E-state index is 5.63. The molecule has 1 N–H and O–H groups in total. The maximum atomic E-state index is 5.63. The SMILES string of the molecule is CCc1c(-c2cnc3cc[nH]c3c2)noc1-c1ccccc1. The standard InChI is InChI=1S/C18H15N3O/c1-2-14-17(13-10-16-15(20-11-13)8-9-19-16)21-22-18(14)12-6-4-3-5-7-12/h3-11,19H,2H2,1H3. The van der Waals surface area contributed by atoms with Gasteiger partial charge in [-0.2, -0.15) is 0 Å². The molecule has 0 radical (unpaired) electrons. The summed E-state index contributed by atoms with van der Waals surface area (Å²) >= 11 is 0. The molecular weight excluding hydrogens is 274 g/mol. The van der Waals surface area contributed by atoms with Gasteiger partial charge in [-0.1, -0.05) is 42.4 Å². The monoisotopic (exact) mass is 289 g/mol. The van der Waals surface area contributed by atoms with Crippen molar-refractivity contribution in [2.24, 2.45) is 0 Å². The Labute approximate surface area is 127 Å². The molecule has 4 nitrogen and oxygen atoms in total. The first-order valence-electron chi connectivity index (χ1n) is 7.34. The predicted molar refractivity (Wildman–Crippen MR) is 86.4 cm³/mol. The minimum absolute atomic E-state index is 0.838. The molecule has 1 aromatic carbocycles. The van der Waals surface area contributed by atoms with Gasteiger partial charge in [-0.05, 0) is 18.6 Å². The van der Waals surface area contributed by atoms with Crippen LogP contribution in [-0.4, -0.2) is 15.1 Å². The van der Waals surface area contributed by atoms with Crippen LogP contribution in [0.3, 0.4) is 0 Å². The highest BCUT2D eigenvalue weighted by atomic mass is 16.5. The third kappa shape index (κ3) is 2.00. The number of aromatic nitrogens is 3. The number of benzene rings is 1. The highest BCUT2D eigenvalue weighted by molar-refractivity contribution is 5.81. The van der Waals surface area contributed by atoms with Gasteiger partial charge in [0.2, 0.25) is 0 Å². The maximum Gasteiger partial charge on any atom is 0.170 e. The van der Waals surface area contributed by atoms with Gasteiger partial charge in [0.05, 0.1) is 11.0 Å². The Morgan fingerprint density at radius 1 is 1.09 bits per heavy atom. The van der Waals surface area contributed by atoms with E-state index in [1.807, 2.05) is 48.8 Å². The summed E-state index contributed by atoms with van der Waals surface area (Å²) < 4.78 is 5.63. The lowest BCUT2D eigenvalue weighted by molar-refractivity contribution is 0.434. The van der Waals surface area contributed by atoms with Crippen LogP contribution in [0.15, 0.2) is 59.4 Å². The van der Waals surface area contributed by atoms with Crippen LogP contribution in [-0.2, 0) is 6.42 Å². The molecule has 0 spiro atoms. The van der Waals surface area contributed by atoms with Crippen molar-refractivity contribution in [3.63, 3.8) is 0 Å². The Hall–Kier alpha value is -2.88. The van der Waals surface area contributed by atoms with Crippen LogP contribution in [0, 0.1) is 0 Å². The van der Waals surface area contributed by atoms with E-state index in [1.54, 1.807) is 0 Å². The average Bonchev–Trinajstić information content (AvgIpc) is 3.21. The average molecular weight is 289 g/mol. The van der Waals surface area contributed by atoms with Gasteiger partial charge in [-0.25, -0.2) is 0 Å². The second kappa shape index (κ2) is 5.15. The quantitative estimate of drug-likeness (QED) is 0.606. The second-order valence-electron chi connectivity index (χ2n) is 5.19. The summed E-state index contributed by atoms with van der Waals surface area (Å²) in [6, 6.07) is 14.1.